The summed E-state index contributed by atoms with van der Waals surface area (Å²) < 4.78 is 40.1. The standard InChI is InChI=1S/C18H15F3N2O2/c19-12-9-13(20)16(14(21)10-12)18(25)23-15(17(22)24)8-4-7-11-5-2-1-3-6-11/h1-7,9-10,15H,8H2,(H2,22,24)(H,23,25)/b7-4+/t15-/m1/s1. The molecule has 0 radical (unpaired) electrons. The van der Waals surface area contributed by atoms with Crippen LogP contribution in [0.25, 0.3) is 6.08 Å². The summed E-state index contributed by atoms with van der Waals surface area (Å²) in [6.07, 6.45) is 3.34. The number of nitrogens with one attached hydrogen (secondary N) is 1. The zero-order valence-corrected chi connectivity index (χ0v) is 13.0. The first-order valence-electron chi connectivity index (χ1n) is 7.35. The lowest BCUT2D eigenvalue weighted by atomic mass is 10.1. The van der Waals surface area contributed by atoms with Crippen LogP contribution in [-0.2, 0) is 4.79 Å². The summed E-state index contributed by atoms with van der Waals surface area (Å²) in [6.45, 7) is 0. The molecule has 1 atom stereocenters. The van der Waals surface area contributed by atoms with E-state index in [0.29, 0.717) is 12.1 Å². The van der Waals surface area contributed by atoms with Crippen LogP contribution in [0.1, 0.15) is 22.3 Å². The normalized spacial score (nSPS) is 12.1. The number of carbonyl (C=O) groups excluding carboxylic acids is 2. The molecule has 2 rings (SSSR count). The molecule has 0 saturated carbocycles. The smallest absolute Gasteiger partial charge is 0.257 e. The molecule has 0 spiro atoms. The van der Waals surface area contributed by atoms with Crippen molar-refractivity contribution in [2.75, 3.05) is 0 Å². The van der Waals surface area contributed by atoms with Crippen LogP contribution in [0.3, 0.4) is 0 Å². The summed E-state index contributed by atoms with van der Waals surface area (Å²) in [4.78, 5) is 23.5. The molecule has 130 valence electrons. The SMILES string of the molecule is NC(=O)[C@@H](C/C=C/c1ccccc1)NC(=O)c1c(F)cc(F)cc1F. The van der Waals surface area contributed by atoms with E-state index >= 15 is 0 Å². The van der Waals surface area contributed by atoms with Gasteiger partial charge < -0.3 is 11.1 Å². The first kappa shape index (κ1) is 18.3. The quantitative estimate of drug-likeness (QED) is 0.843. The molecule has 7 heteroatoms. The second-order valence-electron chi connectivity index (χ2n) is 5.22. The number of hydrogen-bond acceptors (Lipinski definition) is 2. The van der Waals surface area contributed by atoms with Crippen molar-refractivity contribution in [1.82, 2.24) is 5.32 Å². The fourth-order valence-electron chi connectivity index (χ4n) is 2.14. The lowest BCUT2D eigenvalue weighted by Gasteiger charge is -2.14. The Bertz CT molecular complexity index is 784. The van der Waals surface area contributed by atoms with E-state index in [2.05, 4.69) is 5.32 Å². The average Bonchev–Trinajstić information content (AvgIpc) is 2.53. The Morgan fingerprint density at radius 3 is 2.24 bits per heavy atom. The maximum Gasteiger partial charge on any atom is 0.257 e. The van der Waals surface area contributed by atoms with Crippen molar-refractivity contribution >= 4 is 17.9 Å². The van der Waals surface area contributed by atoms with Gasteiger partial charge in [0.1, 0.15) is 29.1 Å². The minimum Gasteiger partial charge on any atom is -0.368 e. The summed E-state index contributed by atoms with van der Waals surface area (Å²) in [7, 11) is 0. The van der Waals surface area contributed by atoms with Crippen molar-refractivity contribution in [2.45, 2.75) is 12.5 Å². The van der Waals surface area contributed by atoms with Gasteiger partial charge in [-0.25, -0.2) is 13.2 Å². The summed E-state index contributed by atoms with van der Waals surface area (Å²) >= 11 is 0. The highest BCUT2D eigenvalue weighted by molar-refractivity contribution is 5.97. The Hall–Kier alpha value is -3.09. The third kappa shape index (κ3) is 4.94. The first-order chi connectivity index (χ1) is 11.9. The maximum atomic E-state index is 13.6. The van der Waals surface area contributed by atoms with Crippen LogP contribution in [-0.4, -0.2) is 17.9 Å². The Kier molecular flexibility index (Phi) is 5.94. The monoisotopic (exact) mass is 348 g/mol. The predicted molar refractivity (Wildman–Crippen MR) is 86.9 cm³/mol. The summed E-state index contributed by atoms with van der Waals surface area (Å²) in [5, 5.41) is 2.15. The number of benzene rings is 2. The molecular weight excluding hydrogens is 333 g/mol. The molecule has 0 aliphatic heterocycles. The van der Waals surface area contributed by atoms with Gasteiger partial charge in [0.15, 0.2) is 0 Å². The van der Waals surface area contributed by atoms with Gasteiger partial charge in [-0.15, -0.1) is 0 Å². The molecule has 0 bridgehead atoms. The number of primary amides is 1. The number of rotatable bonds is 6. The number of halogens is 3. The highest BCUT2D eigenvalue weighted by Gasteiger charge is 2.23. The predicted octanol–water partition coefficient (Wildman–Crippen LogP) is 2.79. The first-order valence-corrected chi connectivity index (χ1v) is 7.35. The van der Waals surface area contributed by atoms with E-state index in [4.69, 9.17) is 5.73 Å². The Morgan fingerprint density at radius 1 is 1.08 bits per heavy atom. The molecule has 0 fully saturated rings. The second-order valence-corrected chi connectivity index (χ2v) is 5.22. The topological polar surface area (TPSA) is 72.2 Å². The van der Waals surface area contributed by atoms with Gasteiger partial charge in [0.25, 0.3) is 5.91 Å². The van der Waals surface area contributed by atoms with Gasteiger partial charge in [0.2, 0.25) is 5.91 Å². The number of nitrogens with two attached hydrogens (primary N) is 1. The molecule has 0 aliphatic rings. The molecule has 25 heavy (non-hydrogen) atoms. The van der Waals surface area contributed by atoms with E-state index in [0.717, 1.165) is 5.56 Å². The Labute approximate surface area is 142 Å². The van der Waals surface area contributed by atoms with Gasteiger partial charge in [-0.3, -0.25) is 9.59 Å². The van der Waals surface area contributed by atoms with Crippen molar-refractivity contribution < 1.29 is 22.8 Å². The van der Waals surface area contributed by atoms with Crippen LogP contribution in [0.4, 0.5) is 13.2 Å². The minimum absolute atomic E-state index is 0.0282. The molecule has 2 aromatic carbocycles. The van der Waals surface area contributed by atoms with Gasteiger partial charge in [-0.1, -0.05) is 42.5 Å². The van der Waals surface area contributed by atoms with E-state index in [1.54, 1.807) is 12.2 Å². The maximum absolute atomic E-state index is 13.6. The lowest BCUT2D eigenvalue weighted by Crippen LogP contribution is -2.44. The molecule has 0 aromatic heterocycles. The van der Waals surface area contributed by atoms with Crippen LogP contribution < -0.4 is 11.1 Å². The van der Waals surface area contributed by atoms with Gasteiger partial charge in [-0.2, -0.15) is 0 Å². The Balaban J connectivity index is 2.10. The van der Waals surface area contributed by atoms with Gasteiger partial charge in [0, 0.05) is 12.1 Å². The van der Waals surface area contributed by atoms with E-state index < -0.39 is 40.9 Å². The fraction of sp³-hybridized carbons (Fsp3) is 0.111. The van der Waals surface area contributed by atoms with Gasteiger partial charge in [0.05, 0.1) is 0 Å². The summed E-state index contributed by atoms with van der Waals surface area (Å²) in [5.41, 5.74) is 5.10. The van der Waals surface area contributed by atoms with Crippen molar-refractivity contribution in [2.24, 2.45) is 5.73 Å². The average molecular weight is 348 g/mol. The molecule has 0 saturated heterocycles. The van der Waals surface area contributed by atoms with Crippen LogP contribution in [0.5, 0.6) is 0 Å². The second kappa shape index (κ2) is 8.14. The van der Waals surface area contributed by atoms with Crippen LogP contribution in [0.15, 0.2) is 48.5 Å². The van der Waals surface area contributed by atoms with E-state index in [-0.39, 0.29) is 6.42 Å². The van der Waals surface area contributed by atoms with Gasteiger partial charge >= 0.3 is 0 Å². The highest BCUT2D eigenvalue weighted by atomic mass is 19.1. The molecule has 0 heterocycles. The zero-order valence-electron chi connectivity index (χ0n) is 13.0. The molecule has 2 amide bonds. The summed E-state index contributed by atoms with van der Waals surface area (Å²) in [5.74, 6) is -5.93. The van der Waals surface area contributed by atoms with Crippen LogP contribution >= 0.6 is 0 Å². The molecule has 0 aliphatic carbocycles. The third-order valence-electron chi connectivity index (χ3n) is 3.36. The Morgan fingerprint density at radius 2 is 1.68 bits per heavy atom. The third-order valence-corrected chi connectivity index (χ3v) is 3.36. The number of amides is 2. The zero-order chi connectivity index (χ0) is 18.4. The van der Waals surface area contributed by atoms with Crippen molar-refractivity contribution in [3.63, 3.8) is 0 Å². The van der Waals surface area contributed by atoms with Crippen LogP contribution in [0, 0.1) is 17.5 Å². The van der Waals surface area contributed by atoms with Crippen LogP contribution in [0.2, 0.25) is 0 Å². The summed E-state index contributed by atoms with van der Waals surface area (Å²) in [6, 6.07) is 8.75. The minimum atomic E-state index is -1.36. The highest BCUT2D eigenvalue weighted by Crippen LogP contribution is 2.15. The van der Waals surface area contributed by atoms with Crippen molar-refractivity contribution in [3.05, 3.63) is 77.1 Å². The fourth-order valence-corrected chi connectivity index (χ4v) is 2.14. The largest absolute Gasteiger partial charge is 0.368 e. The molecule has 4 nitrogen and oxygen atoms in total. The van der Waals surface area contributed by atoms with E-state index in [9.17, 15) is 22.8 Å². The van der Waals surface area contributed by atoms with Crippen molar-refractivity contribution in [3.8, 4) is 0 Å². The molecular formula is C18H15F3N2O2. The van der Waals surface area contributed by atoms with E-state index in [1.165, 1.54) is 0 Å². The molecule has 0 unspecified atom stereocenters. The molecule has 3 N–H and O–H groups in total. The number of carbonyl (C=O) groups is 2. The van der Waals surface area contributed by atoms with Crippen molar-refractivity contribution in [1.29, 1.82) is 0 Å². The van der Waals surface area contributed by atoms with E-state index in [1.807, 2.05) is 30.3 Å². The lowest BCUT2D eigenvalue weighted by molar-refractivity contribution is -0.119. The number of hydrogen-bond donors (Lipinski definition) is 2. The molecule has 2 aromatic rings. The van der Waals surface area contributed by atoms with Gasteiger partial charge in [-0.05, 0) is 12.0 Å².